The number of rotatable bonds is 3. The lowest BCUT2D eigenvalue weighted by Crippen LogP contribution is -2.24. The molecule has 0 radical (unpaired) electrons. The predicted octanol–water partition coefficient (Wildman–Crippen LogP) is 4.09. The molecular formula is C14H20ClNO. The molecule has 2 rings (SSSR count). The summed E-state index contributed by atoms with van der Waals surface area (Å²) in [4.78, 5) is 4.42. The van der Waals surface area contributed by atoms with E-state index in [0.29, 0.717) is 12.0 Å². The molecule has 1 fully saturated rings. The molecule has 1 aromatic rings. The minimum Gasteiger partial charge on any atom is -0.488 e. The van der Waals surface area contributed by atoms with Gasteiger partial charge in [-0.2, -0.15) is 0 Å². The lowest BCUT2D eigenvalue weighted by molar-refractivity contribution is 0.127. The van der Waals surface area contributed by atoms with Gasteiger partial charge < -0.3 is 4.74 Å². The fourth-order valence-electron chi connectivity index (χ4n) is 2.47. The number of hydrogen-bond donors (Lipinski definition) is 0. The fourth-order valence-corrected chi connectivity index (χ4v) is 2.66. The van der Waals surface area contributed by atoms with Crippen molar-refractivity contribution in [3.63, 3.8) is 0 Å². The van der Waals surface area contributed by atoms with Crippen LogP contribution in [0.25, 0.3) is 0 Å². The van der Waals surface area contributed by atoms with E-state index in [1.165, 1.54) is 12.8 Å². The first kappa shape index (κ1) is 12.7. The first-order chi connectivity index (χ1) is 8.19. The Kier molecular flexibility index (Phi) is 4.27. The van der Waals surface area contributed by atoms with Crippen LogP contribution in [0.3, 0.4) is 0 Å². The monoisotopic (exact) mass is 253 g/mol. The van der Waals surface area contributed by atoms with Crippen LogP contribution in [-0.4, -0.2) is 11.1 Å². The SMILES string of the molecule is Cc1ccc(OC2CCCC(C)C2)c(CCl)n1. The zero-order chi connectivity index (χ0) is 12.3. The number of aromatic nitrogens is 1. The number of alkyl halides is 1. The van der Waals surface area contributed by atoms with Crippen molar-refractivity contribution in [3.8, 4) is 5.75 Å². The van der Waals surface area contributed by atoms with Crippen molar-refractivity contribution >= 4 is 11.6 Å². The maximum Gasteiger partial charge on any atom is 0.142 e. The molecule has 0 aromatic carbocycles. The standard InChI is InChI=1S/C14H20ClNO/c1-10-4-3-5-12(8-10)17-14-7-6-11(2)16-13(14)9-15/h6-7,10,12H,3-5,8-9H2,1-2H3. The molecule has 0 amide bonds. The summed E-state index contributed by atoms with van der Waals surface area (Å²) in [6.07, 6.45) is 5.23. The Labute approximate surface area is 108 Å². The number of hydrogen-bond acceptors (Lipinski definition) is 2. The molecule has 1 saturated carbocycles. The fraction of sp³-hybridized carbons (Fsp3) is 0.643. The van der Waals surface area contributed by atoms with Crippen LogP contribution in [0.5, 0.6) is 5.75 Å². The smallest absolute Gasteiger partial charge is 0.142 e. The Hall–Kier alpha value is -0.760. The minimum atomic E-state index is 0.338. The van der Waals surface area contributed by atoms with Gasteiger partial charge in [0.15, 0.2) is 0 Å². The third-order valence-corrected chi connectivity index (χ3v) is 3.63. The summed E-state index contributed by atoms with van der Waals surface area (Å²) < 4.78 is 6.06. The van der Waals surface area contributed by atoms with E-state index in [1.54, 1.807) is 0 Å². The van der Waals surface area contributed by atoms with Crippen molar-refractivity contribution in [2.45, 2.75) is 51.5 Å². The van der Waals surface area contributed by atoms with Crippen molar-refractivity contribution in [1.82, 2.24) is 4.98 Å². The summed E-state index contributed by atoms with van der Waals surface area (Å²) in [5.41, 5.74) is 1.86. The van der Waals surface area contributed by atoms with Gasteiger partial charge in [0, 0.05) is 5.69 Å². The van der Waals surface area contributed by atoms with Crippen LogP contribution >= 0.6 is 11.6 Å². The molecule has 0 bridgehead atoms. The summed E-state index contributed by atoms with van der Waals surface area (Å²) in [7, 11) is 0. The third-order valence-electron chi connectivity index (χ3n) is 3.38. The number of aryl methyl sites for hydroxylation is 1. The topological polar surface area (TPSA) is 22.1 Å². The largest absolute Gasteiger partial charge is 0.488 e. The van der Waals surface area contributed by atoms with Crippen molar-refractivity contribution in [2.75, 3.05) is 0 Å². The first-order valence-electron chi connectivity index (χ1n) is 6.38. The highest BCUT2D eigenvalue weighted by molar-refractivity contribution is 6.17. The molecule has 0 spiro atoms. The third kappa shape index (κ3) is 3.35. The molecule has 1 aliphatic carbocycles. The highest BCUT2D eigenvalue weighted by Gasteiger charge is 2.21. The molecule has 3 heteroatoms. The number of halogens is 1. The lowest BCUT2D eigenvalue weighted by atomic mass is 9.89. The predicted molar refractivity (Wildman–Crippen MR) is 70.6 cm³/mol. The maximum absolute atomic E-state index is 6.06. The minimum absolute atomic E-state index is 0.338. The summed E-state index contributed by atoms with van der Waals surface area (Å²) in [5.74, 6) is 2.05. The van der Waals surface area contributed by atoms with Crippen LogP contribution in [0, 0.1) is 12.8 Å². The zero-order valence-corrected chi connectivity index (χ0v) is 11.3. The number of pyridine rings is 1. The van der Waals surface area contributed by atoms with E-state index in [0.717, 1.165) is 35.9 Å². The van der Waals surface area contributed by atoms with Crippen LogP contribution in [-0.2, 0) is 5.88 Å². The second-order valence-electron chi connectivity index (χ2n) is 5.04. The van der Waals surface area contributed by atoms with Crippen molar-refractivity contribution in [1.29, 1.82) is 0 Å². The molecular weight excluding hydrogens is 234 g/mol. The average molecular weight is 254 g/mol. The molecule has 1 aromatic heterocycles. The molecule has 0 aliphatic heterocycles. The normalized spacial score (nSPS) is 24.6. The van der Waals surface area contributed by atoms with Gasteiger partial charge in [0.2, 0.25) is 0 Å². The van der Waals surface area contributed by atoms with Gasteiger partial charge >= 0.3 is 0 Å². The van der Waals surface area contributed by atoms with E-state index in [1.807, 2.05) is 19.1 Å². The van der Waals surface area contributed by atoms with Crippen molar-refractivity contribution < 1.29 is 4.74 Å². The quantitative estimate of drug-likeness (QED) is 0.757. The molecule has 2 unspecified atom stereocenters. The Morgan fingerprint density at radius 1 is 1.41 bits per heavy atom. The highest BCUT2D eigenvalue weighted by atomic mass is 35.5. The molecule has 94 valence electrons. The van der Waals surface area contributed by atoms with Crippen molar-refractivity contribution in [2.24, 2.45) is 5.92 Å². The summed E-state index contributed by atoms with van der Waals surface area (Å²) in [5, 5.41) is 0. The summed E-state index contributed by atoms with van der Waals surface area (Å²) >= 11 is 5.91. The van der Waals surface area contributed by atoms with E-state index >= 15 is 0 Å². The highest BCUT2D eigenvalue weighted by Crippen LogP contribution is 2.29. The second-order valence-corrected chi connectivity index (χ2v) is 5.31. The summed E-state index contributed by atoms with van der Waals surface area (Å²) in [6, 6.07) is 3.98. The van der Waals surface area contributed by atoms with E-state index in [2.05, 4.69) is 11.9 Å². The zero-order valence-electron chi connectivity index (χ0n) is 10.6. The van der Waals surface area contributed by atoms with E-state index in [-0.39, 0.29) is 0 Å². The molecule has 1 aliphatic rings. The van der Waals surface area contributed by atoms with E-state index in [4.69, 9.17) is 16.3 Å². The molecule has 0 saturated heterocycles. The van der Waals surface area contributed by atoms with E-state index < -0.39 is 0 Å². The van der Waals surface area contributed by atoms with Crippen molar-refractivity contribution in [3.05, 3.63) is 23.5 Å². The van der Waals surface area contributed by atoms with Gasteiger partial charge in [-0.3, -0.25) is 4.98 Å². The Balaban J connectivity index is 2.07. The van der Waals surface area contributed by atoms with Gasteiger partial charge in [0.1, 0.15) is 5.75 Å². The van der Waals surface area contributed by atoms with Gasteiger partial charge in [-0.25, -0.2) is 0 Å². The van der Waals surface area contributed by atoms with Gasteiger partial charge in [-0.15, -0.1) is 11.6 Å². The van der Waals surface area contributed by atoms with Gasteiger partial charge in [-0.1, -0.05) is 13.3 Å². The Morgan fingerprint density at radius 2 is 2.24 bits per heavy atom. The van der Waals surface area contributed by atoms with Crippen LogP contribution in [0.2, 0.25) is 0 Å². The lowest BCUT2D eigenvalue weighted by Gasteiger charge is -2.27. The van der Waals surface area contributed by atoms with Gasteiger partial charge in [-0.05, 0) is 44.2 Å². The van der Waals surface area contributed by atoms with Gasteiger partial charge in [0.05, 0.1) is 17.7 Å². The van der Waals surface area contributed by atoms with Crippen LogP contribution < -0.4 is 4.74 Å². The number of ether oxygens (including phenoxy) is 1. The van der Waals surface area contributed by atoms with Gasteiger partial charge in [0.25, 0.3) is 0 Å². The van der Waals surface area contributed by atoms with Crippen LogP contribution in [0.4, 0.5) is 0 Å². The second kappa shape index (κ2) is 5.72. The average Bonchev–Trinajstić information content (AvgIpc) is 2.31. The van der Waals surface area contributed by atoms with Crippen LogP contribution in [0.15, 0.2) is 12.1 Å². The molecule has 2 atom stereocenters. The Morgan fingerprint density at radius 3 is 2.94 bits per heavy atom. The molecule has 0 N–H and O–H groups in total. The van der Waals surface area contributed by atoms with Crippen LogP contribution in [0.1, 0.15) is 44.0 Å². The molecule has 17 heavy (non-hydrogen) atoms. The summed E-state index contributed by atoms with van der Waals surface area (Å²) in [6.45, 7) is 4.27. The Bertz CT molecular complexity index is 380. The maximum atomic E-state index is 6.06. The first-order valence-corrected chi connectivity index (χ1v) is 6.91. The molecule has 1 heterocycles. The molecule has 2 nitrogen and oxygen atoms in total. The van der Waals surface area contributed by atoms with E-state index in [9.17, 15) is 0 Å². The number of nitrogens with zero attached hydrogens (tertiary/aromatic N) is 1.